The Bertz CT molecular complexity index is 1020. The number of hydrazine groups is 1. The van der Waals surface area contributed by atoms with Crippen molar-refractivity contribution in [1.82, 2.24) is 10.4 Å². The lowest BCUT2D eigenvalue weighted by Crippen LogP contribution is -2.43. The van der Waals surface area contributed by atoms with E-state index in [-0.39, 0.29) is 13.0 Å². The van der Waals surface area contributed by atoms with E-state index < -0.39 is 36.2 Å². The van der Waals surface area contributed by atoms with E-state index in [4.69, 9.17) is 9.47 Å². The van der Waals surface area contributed by atoms with Gasteiger partial charge in [-0.25, -0.2) is 0 Å². The maximum absolute atomic E-state index is 12.4. The van der Waals surface area contributed by atoms with Crippen LogP contribution < -0.4 is 15.5 Å². The average molecular weight is 439 g/mol. The summed E-state index contributed by atoms with van der Waals surface area (Å²) in [5, 5.41) is 3.74. The van der Waals surface area contributed by atoms with Gasteiger partial charge in [0.15, 0.2) is 6.61 Å². The minimum Gasteiger partial charge on any atom is -0.492 e. The van der Waals surface area contributed by atoms with Gasteiger partial charge in [0.1, 0.15) is 5.75 Å². The summed E-state index contributed by atoms with van der Waals surface area (Å²) in [6.07, 6.45) is -0.109. The molecule has 0 radical (unpaired) electrons. The number of hydrogen-bond donors (Lipinski definition) is 2. The third-order valence-corrected chi connectivity index (χ3v) is 4.78. The van der Waals surface area contributed by atoms with E-state index in [0.29, 0.717) is 23.6 Å². The number of carbonyl (C=O) groups excluding carboxylic acids is 4. The van der Waals surface area contributed by atoms with Gasteiger partial charge in [-0.2, -0.15) is 0 Å². The van der Waals surface area contributed by atoms with Gasteiger partial charge in [0.25, 0.3) is 11.8 Å². The Morgan fingerprint density at radius 1 is 1.12 bits per heavy atom. The first-order valence-corrected chi connectivity index (χ1v) is 10.2. The predicted molar refractivity (Wildman–Crippen MR) is 116 cm³/mol. The summed E-state index contributed by atoms with van der Waals surface area (Å²) in [4.78, 5) is 49.1. The maximum Gasteiger partial charge on any atom is 0.311 e. The summed E-state index contributed by atoms with van der Waals surface area (Å²) >= 11 is 0. The Morgan fingerprint density at radius 2 is 1.91 bits per heavy atom. The molecule has 0 unspecified atom stereocenters. The van der Waals surface area contributed by atoms with Crippen molar-refractivity contribution >= 4 is 29.4 Å². The zero-order chi connectivity index (χ0) is 23.1. The van der Waals surface area contributed by atoms with E-state index in [0.717, 1.165) is 10.6 Å². The molecule has 2 aromatic rings. The molecule has 3 rings (SSSR count). The fourth-order valence-corrected chi connectivity index (χ4v) is 3.24. The van der Waals surface area contributed by atoms with E-state index in [2.05, 4.69) is 10.7 Å². The second-order valence-corrected chi connectivity index (χ2v) is 7.30. The van der Waals surface area contributed by atoms with Crippen LogP contribution in [-0.4, -0.2) is 48.5 Å². The van der Waals surface area contributed by atoms with Gasteiger partial charge in [0.2, 0.25) is 5.91 Å². The molecule has 9 nitrogen and oxygen atoms in total. The minimum absolute atomic E-state index is 0.0238. The first-order chi connectivity index (χ1) is 15.4. The van der Waals surface area contributed by atoms with Crippen molar-refractivity contribution in [3.8, 4) is 5.75 Å². The van der Waals surface area contributed by atoms with Gasteiger partial charge in [0.05, 0.1) is 24.8 Å². The van der Waals surface area contributed by atoms with Crippen molar-refractivity contribution in [2.75, 3.05) is 25.1 Å². The molecule has 2 N–H and O–H groups in total. The molecule has 0 saturated carbocycles. The zero-order valence-electron chi connectivity index (χ0n) is 17.9. The lowest BCUT2D eigenvalue weighted by molar-refractivity contribution is -0.151. The molecule has 1 atom stereocenters. The van der Waals surface area contributed by atoms with E-state index in [1.807, 2.05) is 19.9 Å². The van der Waals surface area contributed by atoms with Gasteiger partial charge in [-0.3, -0.25) is 29.6 Å². The highest BCUT2D eigenvalue weighted by Crippen LogP contribution is 2.23. The molecule has 32 heavy (non-hydrogen) atoms. The number of nitrogens with zero attached hydrogens (tertiary/aromatic N) is 1. The third kappa shape index (κ3) is 5.84. The van der Waals surface area contributed by atoms with Crippen LogP contribution in [0.4, 0.5) is 5.69 Å². The number of amides is 3. The largest absolute Gasteiger partial charge is 0.492 e. The predicted octanol–water partition coefficient (Wildman–Crippen LogP) is 2.07. The Morgan fingerprint density at radius 3 is 2.66 bits per heavy atom. The second-order valence-electron chi connectivity index (χ2n) is 7.30. The number of esters is 1. The fourth-order valence-electron chi connectivity index (χ4n) is 3.24. The topological polar surface area (TPSA) is 114 Å². The van der Waals surface area contributed by atoms with Crippen LogP contribution >= 0.6 is 0 Å². The van der Waals surface area contributed by atoms with Gasteiger partial charge >= 0.3 is 5.97 Å². The van der Waals surface area contributed by atoms with Crippen molar-refractivity contribution in [2.24, 2.45) is 5.92 Å². The maximum atomic E-state index is 12.4. The van der Waals surface area contributed by atoms with E-state index in [1.54, 1.807) is 42.5 Å². The van der Waals surface area contributed by atoms with Gasteiger partial charge in [-0.1, -0.05) is 29.8 Å². The van der Waals surface area contributed by atoms with Crippen LogP contribution in [0.15, 0.2) is 48.5 Å². The van der Waals surface area contributed by atoms with Crippen molar-refractivity contribution < 1.29 is 28.7 Å². The number of rotatable bonds is 8. The van der Waals surface area contributed by atoms with Gasteiger partial charge in [0, 0.05) is 12.0 Å². The molecule has 2 aromatic carbocycles. The molecule has 0 aliphatic carbocycles. The van der Waals surface area contributed by atoms with Crippen molar-refractivity contribution in [2.45, 2.75) is 20.3 Å². The molecule has 1 aliphatic heterocycles. The van der Waals surface area contributed by atoms with E-state index in [1.165, 1.54) is 0 Å². The fraction of sp³-hybridized carbons (Fsp3) is 0.304. The summed E-state index contributed by atoms with van der Waals surface area (Å²) in [6.45, 7) is 3.60. The second kappa shape index (κ2) is 10.4. The summed E-state index contributed by atoms with van der Waals surface area (Å²) in [5.41, 5.74) is 4.31. The molecule has 1 saturated heterocycles. The van der Waals surface area contributed by atoms with Crippen LogP contribution in [-0.2, 0) is 19.1 Å². The van der Waals surface area contributed by atoms with Crippen molar-refractivity contribution in [3.05, 3.63) is 59.7 Å². The molecule has 0 spiro atoms. The molecule has 168 valence electrons. The standard InChI is InChI=1S/C23H25N3O6/c1-3-31-19-10-5-4-9-18(19)24-20(27)14-32-23(30)17-12-21(28)26(13-17)25-22(29)16-8-6-7-15(2)11-16/h4-11,17H,3,12-14H2,1-2H3,(H,24,27)(H,25,29)/t17-/m0/s1. The van der Waals surface area contributed by atoms with E-state index >= 15 is 0 Å². The Kier molecular flexibility index (Phi) is 7.43. The molecule has 1 fully saturated rings. The summed E-state index contributed by atoms with van der Waals surface area (Å²) in [5.74, 6) is -2.32. The number of ether oxygens (including phenoxy) is 2. The molecule has 9 heteroatoms. The van der Waals surface area contributed by atoms with Crippen LogP contribution in [0.5, 0.6) is 5.75 Å². The summed E-state index contributed by atoms with van der Waals surface area (Å²) < 4.78 is 10.5. The summed E-state index contributed by atoms with van der Waals surface area (Å²) in [6, 6.07) is 13.9. The minimum atomic E-state index is -0.774. The molecule has 1 aliphatic rings. The highest BCUT2D eigenvalue weighted by atomic mass is 16.5. The third-order valence-electron chi connectivity index (χ3n) is 4.78. The first-order valence-electron chi connectivity index (χ1n) is 10.2. The number of benzene rings is 2. The number of para-hydroxylation sites is 2. The first kappa shape index (κ1) is 22.8. The van der Waals surface area contributed by atoms with Gasteiger partial charge in [-0.15, -0.1) is 0 Å². The van der Waals surface area contributed by atoms with Crippen LogP contribution in [0.3, 0.4) is 0 Å². The van der Waals surface area contributed by atoms with Crippen LogP contribution in [0.1, 0.15) is 29.3 Å². The van der Waals surface area contributed by atoms with Crippen molar-refractivity contribution in [1.29, 1.82) is 0 Å². The number of carbonyl (C=O) groups is 4. The molecule has 3 amide bonds. The number of hydrogen-bond acceptors (Lipinski definition) is 6. The monoisotopic (exact) mass is 439 g/mol. The number of aryl methyl sites for hydroxylation is 1. The van der Waals surface area contributed by atoms with Crippen LogP contribution in [0, 0.1) is 12.8 Å². The molecular weight excluding hydrogens is 414 g/mol. The zero-order valence-corrected chi connectivity index (χ0v) is 17.9. The lowest BCUT2D eigenvalue weighted by atomic mass is 10.1. The summed E-state index contributed by atoms with van der Waals surface area (Å²) in [7, 11) is 0. The Balaban J connectivity index is 1.49. The number of nitrogens with one attached hydrogen (secondary N) is 2. The Hall–Kier alpha value is -3.88. The smallest absolute Gasteiger partial charge is 0.311 e. The molecule has 0 bridgehead atoms. The SMILES string of the molecule is CCOc1ccccc1NC(=O)COC(=O)[C@H]1CC(=O)N(NC(=O)c2cccc(C)c2)C1. The Labute approximate surface area is 185 Å². The highest BCUT2D eigenvalue weighted by Gasteiger charge is 2.36. The van der Waals surface area contributed by atoms with Gasteiger partial charge in [-0.05, 0) is 38.1 Å². The molecule has 1 heterocycles. The van der Waals surface area contributed by atoms with Crippen LogP contribution in [0.2, 0.25) is 0 Å². The number of anilines is 1. The average Bonchev–Trinajstić information content (AvgIpc) is 3.14. The molecule has 0 aromatic heterocycles. The quantitative estimate of drug-likeness (QED) is 0.609. The van der Waals surface area contributed by atoms with Gasteiger partial charge < -0.3 is 14.8 Å². The normalized spacial score (nSPS) is 15.2. The highest BCUT2D eigenvalue weighted by molar-refractivity contribution is 5.97. The van der Waals surface area contributed by atoms with Crippen molar-refractivity contribution in [3.63, 3.8) is 0 Å². The lowest BCUT2D eigenvalue weighted by Gasteiger charge is -2.17. The van der Waals surface area contributed by atoms with E-state index in [9.17, 15) is 19.2 Å². The molecular formula is C23H25N3O6. The van der Waals surface area contributed by atoms with Crippen LogP contribution in [0.25, 0.3) is 0 Å².